The molecule has 0 aromatic heterocycles. The molecule has 0 aliphatic carbocycles. The van der Waals surface area contributed by atoms with E-state index in [0.29, 0.717) is 12.1 Å². The Balaban J connectivity index is 1.84. The first-order valence-electron chi connectivity index (χ1n) is 9.13. The minimum atomic E-state index is -3.82. The molecule has 0 spiro atoms. The molecule has 1 saturated heterocycles. The van der Waals surface area contributed by atoms with E-state index in [1.54, 1.807) is 6.07 Å². The van der Waals surface area contributed by atoms with E-state index in [4.69, 9.17) is 0 Å². The van der Waals surface area contributed by atoms with Gasteiger partial charge in [0.2, 0.25) is 10.0 Å². The lowest BCUT2D eigenvalue weighted by atomic mass is 10.1. The first-order chi connectivity index (χ1) is 13.0. The monoisotopic (exact) mass is 388 g/mol. The topological polar surface area (TPSA) is 86.7 Å². The molecule has 0 bridgehead atoms. The van der Waals surface area contributed by atoms with Crippen LogP contribution in [-0.2, 0) is 16.4 Å². The normalized spacial score (nSPS) is 14.9. The van der Waals surface area contributed by atoms with Crippen molar-refractivity contribution in [3.8, 4) is 0 Å². The Labute approximate surface area is 159 Å². The maximum Gasteiger partial charge on any atom is 0.335 e. The molecule has 1 fully saturated rings. The number of sulfonamides is 1. The Morgan fingerprint density at radius 1 is 1.04 bits per heavy atom. The number of carboxylic acids is 1. The first kappa shape index (κ1) is 19.4. The molecule has 1 heterocycles. The average Bonchev–Trinajstić information content (AvgIpc) is 2.69. The van der Waals surface area contributed by atoms with Crippen molar-refractivity contribution in [2.45, 2.75) is 30.6 Å². The standard InChI is InChI=1S/C20H24N2O4S/c23-20(24)17-9-10-18(22-13-5-2-6-14-22)19(15-17)27(25,26)21-12-11-16-7-3-1-4-8-16/h1,3-4,7-10,15,21H,2,5-6,11-14H2,(H,23,24). The second-order valence-corrected chi connectivity index (χ2v) is 8.40. The lowest BCUT2D eigenvalue weighted by Gasteiger charge is -2.30. The van der Waals surface area contributed by atoms with Gasteiger partial charge in [0.1, 0.15) is 4.90 Å². The predicted octanol–water partition coefficient (Wildman–Crippen LogP) is 2.90. The molecule has 0 amide bonds. The highest BCUT2D eigenvalue weighted by Crippen LogP contribution is 2.29. The van der Waals surface area contributed by atoms with Gasteiger partial charge >= 0.3 is 5.97 Å². The van der Waals surface area contributed by atoms with Crippen molar-refractivity contribution in [2.75, 3.05) is 24.5 Å². The minimum absolute atomic E-state index is 0.0285. The van der Waals surface area contributed by atoms with Gasteiger partial charge in [0, 0.05) is 19.6 Å². The average molecular weight is 388 g/mol. The number of carbonyl (C=O) groups is 1. The summed E-state index contributed by atoms with van der Waals surface area (Å²) in [6, 6.07) is 14.0. The summed E-state index contributed by atoms with van der Waals surface area (Å²) in [5.41, 5.74) is 1.59. The number of hydrogen-bond donors (Lipinski definition) is 2. The number of rotatable bonds is 7. The summed E-state index contributed by atoms with van der Waals surface area (Å²) in [6.07, 6.45) is 3.70. The van der Waals surface area contributed by atoms with Crippen LogP contribution in [0.4, 0.5) is 5.69 Å². The number of benzene rings is 2. The van der Waals surface area contributed by atoms with E-state index < -0.39 is 16.0 Å². The predicted molar refractivity (Wildman–Crippen MR) is 105 cm³/mol. The van der Waals surface area contributed by atoms with Crippen LogP contribution in [-0.4, -0.2) is 39.1 Å². The summed E-state index contributed by atoms with van der Waals surface area (Å²) < 4.78 is 28.5. The third-order valence-corrected chi connectivity index (χ3v) is 6.23. The number of anilines is 1. The smallest absolute Gasteiger partial charge is 0.335 e. The van der Waals surface area contributed by atoms with Gasteiger partial charge < -0.3 is 10.0 Å². The van der Waals surface area contributed by atoms with E-state index in [-0.39, 0.29) is 17.0 Å². The highest BCUT2D eigenvalue weighted by molar-refractivity contribution is 7.89. The molecule has 0 unspecified atom stereocenters. The second-order valence-electron chi connectivity index (χ2n) is 6.67. The molecule has 0 radical (unpaired) electrons. The molecule has 0 atom stereocenters. The Kier molecular flexibility index (Phi) is 6.13. The number of carboxylic acid groups (broad SMARTS) is 1. The Hall–Kier alpha value is -2.38. The fourth-order valence-electron chi connectivity index (χ4n) is 3.31. The fourth-order valence-corrected chi connectivity index (χ4v) is 4.59. The molecule has 3 rings (SSSR count). The van der Waals surface area contributed by atoms with Gasteiger partial charge in [0.05, 0.1) is 11.3 Å². The van der Waals surface area contributed by atoms with Gasteiger partial charge in [0.15, 0.2) is 0 Å². The molecule has 6 nitrogen and oxygen atoms in total. The van der Waals surface area contributed by atoms with Crippen molar-refractivity contribution in [3.05, 3.63) is 59.7 Å². The van der Waals surface area contributed by atoms with Crippen LogP contribution in [0.15, 0.2) is 53.4 Å². The maximum atomic E-state index is 12.9. The van der Waals surface area contributed by atoms with Crippen molar-refractivity contribution in [1.29, 1.82) is 0 Å². The summed E-state index contributed by atoms with van der Waals surface area (Å²) in [5, 5.41) is 9.27. The summed E-state index contributed by atoms with van der Waals surface area (Å²) in [7, 11) is -3.82. The summed E-state index contributed by atoms with van der Waals surface area (Å²) in [5.74, 6) is -1.14. The third-order valence-electron chi connectivity index (χ3n) is 4.74. The zero-order valence-corrected chi connectivity index (χ0v) is 15.9. The SMILES string of the molecule is O=C(O)c1ccc(N2CCCCC2)c(S(=O)(=O)NCCc2ccccc2)c1. The van der Waals surface area contributed by atoms with Gasteiger partial charge in [0.25, 0.3) is 0 Å². The Morgan fingerprint density at radius 2 is 1.74 bits per heavy atom. The van der Waals surface area contributed by atoms with Gasteiger partial charge in [-0.15, -0.1) is 0 Å². The molecule has 144 valence electrons. The van der Waals surface area contributed by atoms with Crippen molar-refractivity contribution in [3.63, 3.8) is 0 Å². The highest BCUT2D eigenvalue weighted by atomic mass is 32.2. The highest BCUT2D eigenvalue weighted by Gasteiger charge is 2.24. The van der Waals surface area contributed by atoms with Crippen LogP contribution in [0.25, 0.3) is 0 Å². The van der Waals surface area contributed by atoms with Gasteiger partial charge in [-0.25, -0.2) is 17.9 Å². The first-order valence-corrected chi connectivity index (χ1v) is 10.6. The van der Waals surface area contributed by atoms with Gasteiger partial charge in [-0.3, -0.25) is 0 Å². The molecule has 1 aliphatic heterocycles. The molecule has 7 heteroatoms. The molecule has 2 N–H and O–H groups in total. The summed E-state index contributed by atoms with van der Waals surface area (Å²) in [6.45, 7) is 1.81. The molecular formula is C20H24N2O4S. The van der Waals surface area contributed by atoms with Crippen molar-refractivity contribution < 1.29 is 18.3 Å². The fraction of sp³-hybridized carbons (Fsp3) is 0.350. The molecule has 0 saturated carbocycles. The van der Waals surface area contributed by atoms with E-state index in [1.165, 1.54) is 12.1 Å². The molecular weight excluding hydrogens is 364 g/mol. The van der Waals surface area contributed by atoms with Crippen molar-refractivity contribution in [1.82, 2.24) is 4.72 Å². The third kappa shape index (κ3) is 4.87. The van der Waals surface area contributed by atoms with Gasteiger partial charge in [-0.05, 0) is 49.4 Å². The maximum absolute atomic E-state index is 12.9. The van der Waals surface area contributed by atoms with Crippen LogP contribution in [0.5, 0.6) is 0 Å². The largest absolute Gasteiger partial charge is 0.478 e. The molecule has 2 aromatic carbocycles. The summed E-state index contributed by atoms with van der Waals surface area (Å²) in [4.78, 5) is 13.4. The second kappa shape index (κ2) is 8.54. The van der Waals surface area contributed by atoms with Gasteiger partial charge in [-0.2, -0.15) is 0 Å². The number of nitrogens with zero attached hydrogens (tertiary/aromatic N) is 1. The Morgan fingerprint density at radius 3 is 2.41 bits per heavy atom. The van der Waals surface area contributed by atoms with E-state index in [1.807, 2.05) is 35.2 Å². The van der Waals surface area contributed by atoms with E-state index in [0.717, 1.165) is 37.9 Å². The van der Waals surface area contributed by atoms with Crippen LogP contribution >= 0.6 is 0 Å². The Bertz CT molecular complexity index is 891. The number of hydrogen-bond acceptors (Lipinski definition) is 4. The summed E-state index contributed by atoms with van der Waals surface area (Å²) >= 11 is 0. The molecule has 1 aliphatic rings. The zero-order chi connectivity index (χ0) is 19.3. The minimum Gasteiger partial charge on any atom is -0.478 e. The van der Waals surface area contributed by atoms with E-state index in [2.05, 4.69) is 4.72 Å². The van der Waals surface area contributed by atoms with Gasteiger partial charge in [-0.1, -0.05) is 30.3 Å². The van der Waals surface area contributed by atoms with Crippen LogP contribution < -0.4 is 9.62 Å². The number of nitrogens with one attached hydrogen (secondary N) is 1. The number of aromatic carboxylic acids is 1. The lowest BCUT2D eigenvalue weighted by Crippen LogP contribution is -2.33. The molecule has 2 aromatic rings. The van der Waals surface area contributed by atoms with Crippen LogP contribution in [0.3, 0.4) is 0 Å². The zero-order valence-electron chi connectivity index (χ0n) is 15.1. The molecule has 27 heavy (non-hydrogen) atoms. The van der Waals surface area contributed by atoms with Crippen molar-refractivity contribution in [2.24, 2.45) is 0 Å². The van der Waals surface area contributed by atoms with Crippen LogP contribution in [0.2, 0.25) is 0 Å². The lowest BCUT2D eigenvalue weighted by molar-refractivity contribution is 0.0696. The number of piperidine rings is 1. The van der Waals surface area contributed by atoms with Crippen molar-refractivity contribution >= 4 is 21.7 Å². The van der Waals surface area contributed by atoms with Crippen LogP contribution in [0.1, 0.15) is 35.2 Å². The quantitative estimate of drug-likeness (QED) is 0.762. The van der Waals surface area contributed by atoms with E-state index >= 15 is 0 Å². The van der Waals surface area contributed by atoms with Crippen LogP contribution in [0, 0.1) is 0 Å². The van der Waals surface area contributed by atoms with E-state index in [9.17, 15) is 18.3 Å².